The maximum atomic E-state index is 11.6. The monoisotopic (exact) mass is 269 g/mol. The molecule has 0 atom stereocenters. The third kappa shape index (κ3) is 4.27. The van der Waals surface area contributed by atoms with Crippen LogP contribution in [0.3, 0.4) is 0 Å². The summed E-state index contributed by atoms with van der Waals surface area (Å²) in [5.74, 6) is 0. The van der Waals surface area contributed by atoms with Gasteiger partial charge in [-0.2, -0.15) is 0 Å². The Morgan fingerprint density at radius 1 is 1.37 bits per heavy atom. The molecule has 1 amide bonds. The highest BCUT2D eigenvalue weighted by molar-refractivity contribution is 5.67. The molecule has 0 radical (unpaired) electrons. The van der Waals surface area contributed by atoms with E-state index in [-0.39, 0.29) is 24.3 Å². The molecule has 0 aliphatic rings. The third-order valence-electron chi connectivity index (χ3n) is 2.36. The van der Waals surface area contributed by atoms with Crippen LogP contribution in [-0.2, 0) is 11.3 Å². The van der Waals surface area contributed by atoms with Crippen molar-refractivity contribution in [2.75, 3.05) is 0 Å². The van der Waals surface area contributed by atoms with Crippen molar-refractivity contribution in [3.8, 4) is 0 Å². The summed E-state index contributed by atoms with van der Waals surface area (Å²) in [4.78, 5) is 36.6. The van der Waals surface area contributed by atoms with E-state index < -0.39 is 17.3 Å². The Labute approximate surface area is 110 Å². The normalized spacial score (nSPS) is 10.8. The van der Waals surface area contributed by atoms with E-state index in [9.17, 15) is 14.4 Å². The number of nitrogens with zero attached hydrogens (tertiary/aromatic N) is 1. The second-order valence-corrected chi connectivity index (χ2v) is 4.79. The van der Waals surface area contributed by atoms with E-state index in [4.69, 9.17) is 4.74 Å². The molecule has 1 rings (SSSR count). The van der Waals surface area contributed by atoms with E-state index in [0.717, 1.165) is 0 Å². The lowest BCUT2D eigenvalue weighted by molar-refractivity contribution is 0.136. The molecule has 0 aromatic carbocycles. The van der Waals surface area contributed by atoms with E-state index in [0.29, 0.717) is 0 Å². The first-order valence-electron chi connectivity index (χ1n) is 6.09. The Balaban J connectivity index is 2.84. The molecule has 0 spiro atoms. The van der Waals surface area contributed by atoms with E-state index >= 15 is 0 Å². The number of aromatic amines is 1. The summed E-state index contributed by atoms with van der Waals surface area (Å²) in [6.45, 7) is 7.05. The van der Waals surface area contributed by atoms with Crippen LogP contribution in [0.15, 0.2) is 15.8 Å². The largest absolute Gasteiger partial charge is 0.444 e. The molecule has 106 valence electrons. The fourth-order valence-electron chi connectivity index (χ4n) is 1.43. The van der Waals surface area contributed by atoms with Gasteiger partial charge >= 0.3 is 11.8 Å². The third-order valence-corrected chi connectivity index (χ3v) is 2.36. The van der Waals surface area contributed by atoms with Crippen molar-refractivity contribution in [1.29, 1.82) is 0 Å². The lowest BCUT2D eigenvalue weighted by Gasteiger charge is -2.12. The van der Waals surface area contributed by atoms with Gasteiger partial charge in [0.15, 0.2) is 0 Å². The van der Waals surface area contributed by atoms with Gasteiger partial charge in [-0.25, -0.2) is 9.59 Å². The zero-order valence-corrected chi connectivity index (χ0v) is 11.5. The van der Waals surface area contributed by atoms with Crippen LogP contribution in [0, 0.1) is 0 Å². The van der Waals surface area contributed by atoms with E-state index in [1.165, 1.54) is 10.8 Å². The number of ether oxygens (including phenoxy) is 1. The van der Waals surface area contributed by atoms with E-state index in [1.54, 1.807) is 13.8 Å². The van der Waals surface area contributed by atoms with Crippen molar-refractivity contribution >= 4 is 6.09 Å². The number of rotatable bonds is 4. The molecule has 0 saturated carbocycles. The fraction of sp³-hybridized carbons (Fsp3) is 0.583. The van der Waals surface area contributed by atoms with Crippen molar-refractivity contribution in [2.24, 2.45) is 0 Å². The molecule has 2 N–H and O–H groups in total. The zero-order chi connectivity index (χ0) is 14.6. The summed E-state index contributed by atoms with van der Waals surface area (Å²) in [5.41, 5.74) is -0.790. The Bertz CT molecular complexity index is 557. The van der Waals surface area contributed by atoms with Crippen LogP contribution >= 0.6 is 0 Å². The van der Waals surface area contributed by atoms with Gasteiger partial charge in [-0.1, -0.05) is 0 Å². The van der Waals surface area contributed by atoms with Crippen LogP contribution in [0.1, 0.15) is 39.3 Å². The average Bonchev–Trinajstić information content (AvgIpc) is 2.26. The SMILES string of the molecule is CC(C)NC(=O)OCc1cn(C(C)C)c(=O)[nH]c1=O. The standard InChI is InChI=1S/C12H19N3O4/c1-7(2)13-12(18)19-6-9-5-15(8(3)4)11(17)14-10(9)16/h5,7-8H,6H2,1-4H3,(H,13,18)(H,14,16,17). The lowest BCUT2D eigenvalue weighted by Crippen LogP contribution is -2.34. The first-order valence-corrected chi connectivity index (χ1v) is 6.09. The van der Waals surface area contributed by atoms with Gasteiger partial charge in [0.05, 0.1) is 5.56 Å². The highest BCUT2D eigenvalue weighted by atomic mass is 16.5. The molecule has 7 nitrogen and oxygen atoms in total. The number of aromatic nitrogens is 2. The van der Waals surface area contributed by atoms with Gasteiger partial charge in [0.25, 0.3) is 5.56 Å². The maximum absolute atomic E-state index is 11.6. The second-order valence-electron chi connectivity index (χ2n) is 4.79. The van der Waals surface area contributed by atoms with Crippen LogP contribution in [0.4, 0.5) is 4.79 Å². The molecule has 19 heavy (non-hydrogen) atoms. The highest BCUT2D eigenvalue weighted by Gasteiger charge is 2.10. The highest BCUT2D eigenvalue weighted by Crippen LogP contribution is 2.00. The molecule has 0 unspecified atom stereocenters. The fourth-order valence-corrected chi connectivity index (χ4v) is 1.43. The molecule has 0 saturated heterocycles. The minimum absolute atomic E-state index is 0.0459. The van der Waals surface area contributed by atoms with Crippen LogP contribution < -0.4 is 16.6 Å². The molecular weight excluding hydrogens is 250 g/mol. The van der Waals surface area contributed by atoms with Crippen molar-refractivity contribution in [1.82, 2.24) is 14.9 Å². The lowest BCUT2D eigenvalue weighted by atomic mass is 10.3. The molecule has 0 aliphatic heterocycles. The molecule has 1 aromatic rings. The van der Waals surface area contributed by atoms with Crippen molar-refractivity contribution < 1.29 is 9.53 Å². The maximum Gasteiger partial charge on any atom is 0.407 e. The van der Waals surface area contributed by atoms with Crippen molar-refractivity contribution in [3.63, 3.8) is 0 Å². The Hall–Kier alpha value is -2.05. The number of nitrogens with one attached hydrogen (secondary N) is 2. The summed E-state index contributed by atoms with van der Waals surface area (Å²) in [5, 5.41) is 2.54. The predicted molar refractivity (Wildman–Crippen MR) is 70.2 cm³/mol. The predicted octanol–water partition coefficient (Wildman–Crippen LogP) is 0.752. The average molecular weight is 269 g/mol. The number of carbonyl (C=O) groups is 1. The molecule has 0 aliphatic carbocycles. The van der Waals surface area contributed by atoms with Gasteiger partial charge < -0.3 is 10.1 Å². The quantitative estimate of drug-likeness (QED) is 0.843. The summed E-state index contributed by atoms with van der Waals surface area (Å²) in [6, 6.07) is -0.136. The molecule has 7 heteroatoms. The number of hydrogen-bond donors (Lipinski definition) is 2. The first kappa shape index (κ1) is 15.0. The topological polar surface area (TPSA) is 93.2 Å². The van der Waals surface area contributed by atoms with Crippen LogP contribution in [0.5, 0.6) is 0 Å². The smallest absolute Gasteiger partial charge is 0.407 e. The Morgan fingerprint density at radius 3 is 2.53 bits per heavy atom. The van der Waals surface area contributed by atoms with E-state index in [1.807, 2.05) is 13.8 Å². The van der Waals surface area contributed by atoms with Gasteiger partial charge in [-0.3, -0.25) is 14.3 Å². The zero-order valence-electron chi connectivity index (χ0n) is 11.5. The Kier molecular flexibility index (Phi) is 4.91. The van der Waals surface area contributed by atoms with Gasteiger partial charge in [-0.05, 0) is 27.7 Å². The summed E-state index contributed by atoms with van der Waals surface area (Å²) >= 11 is 0. The Morgan fingerprint density at radius 2 is 2.00 bits per heavy atom. The van der Waals surface area contributed by atoms with Crippen LogP contribution in [0.25, 0.3) is 0 Å². The number of hydrogen-bond acceptors (Lipinski definition) is 4. The van der Waals surface area contributed by atoms with E-state index in [2.05, 4.69) is 10.3 Å². The first-order chi connectivity index (χ1) is 8.81. The summed E-state index contributed by atoms with van der Waals surface area (Å²) in [6.07, 6.45) is 0.811. The molecule has 0 bridgehead atoms. The van der Waals surface area contributed by atoms with Crippen LogP contribution in [-0.4, -0.2) is 21.7 Å². The van der Waals surface area contributed by atoms with Gasteiger partial charge in [0.2, 0.25) is 0 Å². The number of amides is 1. The second kappa shape index (κ2) is 6.21. The number of alkyl carbamates (subject to hydrolysis) is 1. The van der Waals surface area contributed by atoms with Crippen LogP contribution in [0.2, 0.25) is 0 Å². The molecule has 1 aromatic heterocycles. The minimum atomic E-state index is -0.600. The molecule has 1 heterocycles. The minimum Gasteiger partial charge on any atom is -0.444 e. The summed E-state index contributed by atoms with van der Waals surface area (Å²) in [7, 11) is 0. The number of carbonyl (C=O) groups excluding carboxylic acids is 1. The van der Waals surface area contributed by atoms with Crippen molar-refractivity contribution in [3.05, 3.63) is 32.6 Å². The number of H-pyrrole nitrogens is 1. The van der Waals surface area contributed by atoms with Gasteiger partial charge in [0, 0.05) is 18.3 Å². The van der Waals surface area contributed by atoms with Gasteiger partial charge in [0.1, 0.15) is 6.61 Å². The van der Waals surface area contributed by atoms with Crippen molar-refractivity contribution in [2.45, 2.75) is 46.4 Å². The summed E-state index contributed by atoms with van der Waals surface area (Å²) < 4.78 is 6.28. The molecular formula is C12H19N3O4. The molecule has 0 fully saturated rings. The van der Waals surface area contributed by atoms with Gasteiger partial charge in [-0.15, -0.1) is 0 Å².